The summed E-state index contributed by atoms with van der Waals surface area (Å²) in [5.41, 5.74) is -0.560. The molecule has 7 nitrogen and oxygen atoms in total. The van der Waals surface area contributed by atoms with E-state index in [4.69, 9.17) is 0 Å². The van der Waals surface area contributed by atoms with E-state index in [0.29, 0.717) is 11.8 Å². The van der Waals surface area contributed by atoms with Gasteiger partial charge in [-0.2, -0.15) is 0 Å². The van der Waals surface area contributed by atoms with Gasteiger partial charge in [0.15, 0.2) is 5.75 Å². The Morgan fingerprint density at radius 3 is 2.60 bits per heavy atom. The number of carbonyl (C=O) groups excluding carboxylic acids is 1. The Hall–Kier alpha value is -2.74. The van der Waals surface area contributed by atoms with Crippen LogP contribution in [0, 0.1) is 5.92 Å². The third-order valence-electron chi connectivity index (χ3n) is 5.06. The highest BCUT2D eigenvalue weighted by Gasteiger charge is 2.28. The molecule has 4 N–H and O–H groups in total. The zero-order valence-electron chi connectivity index (χ0n) is 17.3. The predicted molar refractivity (Wildman–Crippen MR) is 123 cm³/mol. The zero-order chi connectivity index (χ0) is 21.8. The van der Waals surface area contributed by atoms with E-state index >= 15 is 0 Å². The van der Waals surface area contributed by atoms with Gasteiger partial charge in [-0.1, -0.05) is 32.9 Å². The molecule has 2 aromatic carbocycles. The molecule has 1 heterocycles. The predicted octanol–water partition coefficient (Wildman–Crippen LogP) is 3.33. The van der Waals surface area contributed by atoms with E-state index < -0.39 is 16.8 Å². The summed E-state index contributed by atoms with van der Waals surface area (Å²) in [6, 6.07) is 4.72. The van der Waals surface area contributed by atoms with Gasteiger partial charge in [-0.05, 0) is 36.3 Å². The average Bonchev–Trinajstić information content (AvgIpc) is 3.26. The first-order valence-electron chi connectivity index (χ1n) is 10.1. The summed E-state index contributed by atoms with van der Waals surface area (Å²) in [4.78, 5) is 36.7. The minimum atomic E-state index is -0.640. The molecule has 0 aliphatic carbocycles. The molecule has 1 aliphatic heterocycles. The van der Waals surface area contributed by atoms with Crippen molar-refractivity contribution in [2.75, 3.05) is 17.2 Å². The summed E-state index contributed by atoms with van der Waals surface area (Å²) in [6.07, 6.45) is 3.80. The van der Waals surface area contributed by atoms with Gasteiger partial charge in [-0.15, -0.1) is 11.8 Å². The molecular weight excluding hydrogens is 402 g/mol. The number of aromatic hydroxyl groups is 1. The van der Waals surface area contributed by atoms with E-state index in [1.165, 1.54) is 6.07 Å². The molecule has 0 saturated heterocycles. The molecule has 0 aromatic heterocycles. The molecule has 2 atom stereocenters. The molecule has 2 aromatic rings. The maximum Gasteiger partial charge on any atom is 0.255 e. The normalized spacial score (nSPS) is 16.7. The number of amides is 1. The van der Waals surface area contributed by atoms with Crippen LogP contribution < -0.4 is 26.8 Å². The number of para-hydroxylation sites is 1. The molecule has 0 fully saturated rings. The van der Waals surface area contributed by atoms with Gasteiger partial charge in [0, 0.05) is 17.8 Å². The highest BCUT2D eigenvalue weighted by atomic mass is 32.2. The number of hydrogen-bond acceptors (Lipinski definition) is 7. The molecule has 1 amide bonds. The van der Waals surface area contributed by atoms with Crippen molar-refractivity contribution in [3.8, 4) is 5.75 Å². The van der Waals surface area contributed by atoms with Gasteiger partial charge < -0.3 is 21.1 Å². The first-order valence-corrected chi connectivity index (χ1v) is 11.0. The summed E-state index contributed by atoms with van der Waals surface area (Å²) in [7, 11) is 0. The number of nitrogens with one attached hydrogen (secondary N) is 3. The standard InChI is InChI=1S/C22H27N3O4S/c1-4-14(16-9-6-10-30-16)24-17-18(21(28)20(17)27)25-15-8-5-7-13(19(15)26)22(29)23-11-12(2)3/h5-8,10,12,14,16,24-26H,4,9,11H2,1-3H3,(H,23,29)/t14-,16?/m1/s1. The van der Waals surface area contributed by atoms with Crippen LogP contribution in [-0.2, 0) is 0 Å². The van der Waals surface area contributed by atoms with Crippen LogP contribution in [-0.4, -0.2) is 28.9 Å². The minimum absolute atomic E-state index is 0.0376. The Labute approximate surface area is 179 Å². The van der Waals surface area contributed by atoms with E-state index in [9.17, 15) is 19.5 Å². The summed E-state index contributed by atoms with van der Waals surface area (Å²) in [5, 5.41) is 21.7. The summed E-state index contributed by atoms with van der Waals surface area (Å²) < 4.78 is 0. The van der Waals surface area contributed by atoms with E-state index in [1.807, 2.05) is 26.2 Å². The van der Waals surface area contributed by atoms with Crippen LogP contribution in [0.15, 0.2) is 39.3 Å². The van der Waals surface area contributed by atoms with Gasteiger partial charge in [-0.3, -0.25) is 14.4 Å². The number of allylic oxidation sites excluding steroid dienone is 1. The second kappa shape index (κ2) is 9.38. The van der Waals surface area contributed by atoms with Crippen LogP contribution in [0.2, 0.25) is 0 Å². The second-order valence-electron chi connectivity index (χ2n) is 7.78. The molecule has 1 unspecified atom stereocenters. The van der Waals surface area contributed by atoms with Crippen LogP contribution in [0.4, 0.5) is 17.1 Å². The van der Waals surface area contributed by atoms with Crippen LogP contribution in [0.1, 0.15) is 44.0 Å². The third kappa shape index (κ3) is 4.53. The smallest absolute Gasteiger partial charge is 0.255 e. The molecule has 3 rings (SSSR count). The number of rotatable bonds is 9. The Bertz CT molecular complexity index is 1020. The zero-order valence-corrected chi connectivity index (χ0v) is 18.1. The number of hydrogen-bond donors (Lipinski definition) is 4. The lowest BCUT2D eigenvalue weighted by molar-refractivity contribution is 0.0946. The fourth-order valence-corrected chi connectivity index (χ4v) is 4.40. The van der Waals surface area contributed by atoms with Gasteiger partial charge in [0.25, 0.3) is 16.8 Å². The van der Waals surface area contributed by atoms with E-state index in [1.54, 1.807) is 23.9 Å². The Kier molecular flexibility index (Phi) is 6.87. The Morgan fingerprint density at radius 2 is 1.97 bits per heavy atom. The van der Waals surface area contributed by atoms with Crippen molar-refractivity contribution in [2.45, 2.75) is 44.9 Å². The monoisotopic (exact) mass is 429 g/mol. The molecular formula is C22H27N3O4S. The largest absolute Gasteiger partial charge is 0.505 e. The van der Waals surface area contributed by atoms with Crippen molar-refractivity contribution in [1.29, 1.82) is 0 Å². The van der Waals surface area contributed by atoms with Crippen molar-refractivity contribution >= 4 is 34.7 Å². The number of benzene rings is 1. The molecule has 0 spiro atoms. The summed E-state index contributed by atoms with van der Waals surface area (Å²) >= 11 is 1.71. The fourth-order valence-electron chi connectivity index (χ4n) is 3.31. The van der Waals surface area contributed by atoms with E-state index in [0.717, 1.165) is 12.8 Å². The maximum atomic E-state index is 12.4. The molecule has 0 saturated carbocycles. The highest BCUT2D eigenvalue weighted by molar-refractivity contribution is 8.03. The van der Waals surface area contributed by atoms with E-state index in [2.05, 4.69) is 22.0 Å². The Morgan fingerprint density at radius 1 is 1.23 bits per heavy atom. The highest BCUT2D eigenvalue weighted by Crippen LogP contribution is 2.33. The fraction of sp³-hybridized carbons (Fsp3) is 0.409. The molecule has 0 radical (unpaired) electrons. The molecule has 8 heteroatoms. The van der Waals surface area contributed by atoms with Crippen molar-refractivity contribution in [1.82, 2.24) is 5.32 Å². The van der Waals surface area contributed by atoms with Crippen molar-refractivity contribution in [3.63, 3.8) is 0 Å². The van der Waals surface area contributed by atoms with Gasteiger partial charge >= 0.3 is 0 Å². The van der Waals surface area contributed by atoms with E-state index in [-0.39, 0.29) is 40.3 Å². The second-order valence-corrected chi connectivity index (χ2v) is 8.93. The molecule has 30 heavy (non-hydrogen) atoms. The quantitative estimate of drug-likeness (QED) is 0.358. The van der Waals surface area contributed by atoms with Crippen molar-refractivity contribution < 1.29 is 9.90 Å². The molecule has 0 bridgehead atoms. The topological polar surface area (TPSA) is 108 Å². The number of phenolic OH excluding ortho intramolecular Hbond substituents is 1. The summed E-state index contributed by atoms with van der Waals surface area (Å²) in [6.45, 7) is 6.46. The minimum Gasteiger partial charge on any atom is -0.505 e. The number of phenols is 1. The summed E-state index contributed by atoms with van der Waals surface area (Å²) in [5.74, 6) is -0.389. The van der Waals surface area contributed by atoms with Gasteiger partial charge in [0.2, 0.25) is 0 Å². The lowest BCUT2D eigenvalue weighted by Gasteiger charge is -2.26. The first kappa shape index (κ1) is 22.0. The van der Waals surface area contributed by atoms with Gasteiger partial charge in [0.05, 0.1) is 11.3 Å². The average molecular weight is 430 g/mol. The number of carbonyl (C=O) groups is 1. The Balaban J connectivity index is 1.80. The van der Waals surface area contributed by atoms with Gasteiger partial charge in [0.1, 0.15) is 11.4 Å². The van der Waals surface area contributed by atoms with Crippen LogP contribution in [0.5, 0.6) is 5.75 Å². The molecule has 160 valence electrons. The number of thioether (sulfide) groups is 1. The number of anilines is 3. The van der Waals surface area contributed by atoms with Crippen molar-refractivity contribution in [3.05, 3.63) is 55.7 Å². The molecule has 1 aliphatic rings. The van der Waals surface area contributed by atoms with Crippen LogP contribution in [0.3, 0.4) is 0 Å². The lowest BCUT2D eigenvalue weighted by atomic mass is 10.1. The van der Waals surface area contributed by atoms with Crippen molar-refractivity contribution in [2.24, 2.45) is 5.92 Å². The van der Waals surface area contributed by atoms with Crippen LogP contribution >= 0.6 is 11.8 Å². The van der Waals surface area contributed by atoms with Crippen LogP contribution in [0.25, 0.3) is 0 Å². The van der Waals surface area contributed by atoms with Gasteiger partial charge in [-0.25, -0.2) is 0 Å². The first-order chi connectivity index (χ1) is 14.3. The SMILES string of the molecule is CC[C@@H](Nc1c(Nc2cccc(C(=O)NCC(C)C)c2O)c(=O)c1=O)C1CC=CS1. The third-order valence-corrected chi connectivity index (χ3v) is 6.28. The maximum absolute atomic E-state index is 12.4. The lowest BCUT2D eigenvalue weighted by Crippen LogP contribution is -2.41.